The number of H-pyrrole nitrogens is 1. The van der Waals surface area contributed by atoms with Gasteiger partial charge in [-0.05, 0) is 50.6 Å². The van der Waals surface area contributed by atoms with Crippen molar-refractivity contribution in [3.8, 4) is 0 Å². The molecule has 1 aromatic heterocycles. The number of hydrogen-bond acceptors (Lipinski definition) is 3. The zero-order chi connectivity index (χ0) is 15.0. The smallest absolute Gasteiger partial charge is 0.335 e. The first-order valence-electron chi connectivity index (χ1n) is 7.19. The van der Waals surface area contributed by atoms with Crippen molar-refractivity contribution in [3.63, 3.8) is 0 Å². The fourth-order valence-corrected chi connectivity index (χ4v) is 3.15. The number of aromatic nitrogens is 2. The van der Waals surface area contributed by atoms with Gasteiger partial charge >= 0.3 is 11.7 Å². The van der Waals surface area contributed by atoms with E-state index in [1.165, 1.54) is 6.07 Å². The number of rotatable bonds is 3. The van der Waals surface area contributed by atoms with Crippen LogP contribution in [0.25, 0.3) is 11.0 Å². The van der Waals surface area contributed by atoms with Gasteiger partial charge in [0.1, 0.15) is 0 Å². The number of piperidine rings is 1. The summed E-state index contributed by atoms with van der Waals surface area (Å²) < 4.78 is 1.67. The number of nitrogens with one attached hydrogen (secondary N) is 1. The number of imidazole rings is 1. The molecule has 1 fully saturated rings. The molecule has 0 saturated carbocycles. The third-order valence-corrected chi connectivity index (χ3v) is 4.19. The van der Waals surface area contributed by atoms with Crippen molar-refractivity contribution < 1.29 is 9.90 Å². The van der Waals surface area contributed by atoms with E-state index in [4.69, 9.17) is 5.11 Å². The molecule has 2 N–H and O–H groups in total. The fourth-order valence-electron chi connectivity index (χ4n) is 3.15. The van der Waals surface area contributed by atoms with Gasteiger partial charge in [-0.2, -0.15) is 0 Å². The van der Waals surface area contributed by atoms with Crippen molar-refractivity contribution >= 4 is 17.0 Å². The molecule has 0 radical (unpaired) electrons. The average Bonchev–Trinajstić information content (AvgIpc) is 2.74. The van der Waals surface area contributed by atoms with Crippen LogP contribution in [0.3, 0.4) is 0 Å². The van der Waals surface area contributed by atoms with Gasteiger partial charge in [-0.25, -0.2) is 9.59 Å². The number of aromatic carboxylic acids is 1. The number of fused-ring (bicyclic) bond motifs is 1. The van der Waals surface area contributed by atoms with E-state index in [9.17, 15) is 9.59 Å². The minimum absolute atomic E-state index is 0.166. The summed E-state index contributed by atoms with van der Waals surface area (Å²) in [5, 5.41) is 9.09. The topological polar surface area (TPSA) is 78.3 Å². The summed E-state index contributed by atoms with van der Waals surface area (Å²) in [6.45, 7) is 2.70. The van der Waals surface area contributed by atoms with E-state index < -0.39 is 5.97 Å². The van der Waals surface area contributed by atoms with Crippen LogP contribution >= 0.6 is 0 Å². The minimum Gasteiger partial charge on any atom is -0.478 e. The molecule has 0 amide bonds. The standard InChI is InChI=1S/C15H19N3O3/c1-17-6-2-3-10(8-17)9-18-13-7-11(14(19)20)4-5-12(13)16-15(18)21/h4-5,7,10H,2-3,6,8-9H2,1H3,(H,16,21)(H,19,20). The van der Waals surface area contributed by atoms with Gasteiger partial charge in [-0.1, -0.05) is 0 Å². The molecule has 1 aliphatic heterocycles. The van der Waals surface area contributed by atoms with Crippen molar-refractivity contribution in [1.29, 1.82) is 0 Å². The van der Waals surface area contributed by atoms with Crippen molar-refractivity contribution in [2.75, 3.05) is 20.1 Å². The van der Waals surface area contributed by atoms with Crippen LogP contribution in [-0.2, 0) is 6.54 Å². The summed E-state index contributed by atoms with van der Waals surface area (Å²) in [6.07, 6.45) is 2.24. The molecule has 0 bridgehead atoms. The second kappa shape index (κ2) is 5.37. The zero-order valence-corrected chi connectivity index (χ0v) is 12.0. The molecule has 0 aliphatic carbocycles. The largest absolute Gasteiger partial charge is 0.478 e. The monoisotopic (exact) mass is 289 g/mol. The Morgan fingerprint density at radius 1 is 1.48 bits per heavy atom. The quantitative estimate of drug-likeness (QED) is 0.894. The lowest BCUT2D eigenvalue weighted by atomic mass is 9.98. The first-order valence-corrected chi connectivity index (χ1v) is 7.19. The molecule has 1 aliphatic rings. The SMILES string of the molecule is CN1CCCC(Cn2c(=O)[nH]c3ccc(C(=O)O)cc32)C1. The first-order chi connectivity index (χ1) is 10.0. The van der Waals surface area contributed by atoms with Crippen LogP contribution in [0.1, 0.15) is 23.2 Å². The highest BCUT2D eigenvalue weighted by Crippen LogP contribution is 2.19. The summed E-state index contributed by atoms with van der Waals surface area (Å²) in [5.74, 6) is -0.552. The normalized spacial score (nSPS) is 20.0. The van der Waals surface area contributed by atoms with Crippen LogP contribution in [0.5, 0.6) is 0 Å². The maximum atomic E-state index is 12.1. The molecule has 6 heteroatoms. The maximum absolute atomic E-state index is 12.1. The number of likely N-dealkylation sites (tertiary alicyclic amines) is 1. The van der Waals surface area contributed by atoms with E-state index in [1.807, 2.05) is 0 Å². The van der Waals surface area contributed by atoms with Crippen LogP contribution in [0.4, 0.5) is 0 Å². The summed E-state index contributed by atoms with van der Waals surface area (Å²) in [7, 11) is 2.09. The van der Waals surface area contributed by atoms with Crippen LogP contribution in [0, 0.1) is 5.92 Å². The van der Waals surface area contributed by atoms with Gasteiger partial charge in [0.2, 0.25) is 0 Å². The van der Waals surface area contributed by atoms with Crippen molar-refractivity contribution in [3.05, 3.63) is 34.2 Å². The molecule has 1 atom stereocenters. The second-order valence-electron chi connectivity index (χ2n) is 5.85. The molecule has 0 spiro atoms. The Morgan fingerprint density at radius 2 is 2.29 bits per heavy atom. The van der Waals surface area contributed by atoms with Gasteiger partial charge in [0.25, 0.3) is 0 Å². The maximum Gasteiger partial charge on any atom is 0.335 e. The molecule has 3 rings (SSSR count). The summed E-state index contributed by atoms with van der Waals surface area (Å²) in [4.78, 5) is 28.3. The number of aromatic amines is 1. The highest BCUT2D eigenvalue weighted by Gasteiger charge is 2.20. The number of carbonyl (C=O) groups is 1. The zero-order valence-electron chi connectivity index (χ0n) is 12.0. The van der Waals surface area contributed by atoms with Gasteiger partial charge in [0, 0.05) is 13.1 Å². The van der Waals surface area contributed by atoms with Crippen LogP contribution in [-0.4, -0.2) is 45.7 Å². The predicted molar refractivity (Wildman–Crippen MR) is 79.7 cm³/mol. The molecule has 2 aromatic rings. The third kappa shape index (κ3) is 2.71. The Labute approximate surface area is 122 Å². The fraction of sp³-hybridized carbons (Fsp3) is 0.467. The lowest BCUT2D eigenvalue weighted by Gasteiger charge is -2.29. The van der Waals surface area contributed by atoms with Gasteiger partial charge in [0.05, 0.1) is 16.6 Å². The molecule has 2 heterocycles. The molecular weight excluding hydrogens is 270 g/mol. The molecule has 6 nitrogen and oxygen atoms in total. The van der Waals surface area contributed by atoms with Gasteiger partial charge in [-0.3, -0.25) is 4.57 Å². The van der Waals surface area contributed by atoms with E-state index in [2.05, 4.69) is 16.9 Å². The van der Waals surface area contributed by atoms with E-state index in [1.54, 1.807) is 16.7 Å². The van der Waals surface area contributed by atoms with Crippen molar-refractivity contribution in [1.82, 2.24) is 14.5 Å². The number of nitrogens with zero attached hydrogens (tertiary/aromatic N) is 2. The Bertz CT molecular complexity index is 731. The average molecular weight is 289 g/mol. The van der Waals surface area contributed by atoms with Gasteiger partial charge < -0.3 is 15.0 Å². The van der Waals surface area contributed by atoms with Gasteiger partial charge in [-0.15, -0.1) is 0 Å². The Hall–Kier alpha value is -2.08. The molecular formula is C15H19N3O3. The van der Waals surface area contributed by atoms with Crippen LogP contribution in [0.15, 0.2) is 23.0 Å². The van der Waals surface area contributed by atoms with E-state index in [-0.39, 0.29) is 11.3 Å². The predicted octanol–water partition coefficient (Wildman–Crippen LogP) is 1.37. The summed E-state index contributed by atoms with van der Waals surface area (Å²) in [5.41, 5.74) is 1.40. The van der Waals surface area contributed by atoms with E-state index in [0.29, 0.717) is 23.5 Å². The Balaban J connectivity index is 1.96. The highest BCUT2D eigenvalue weighted by atomic mass is 16.4. The summed E-state index contributed by atoms with van der Waals surface area (Å²) >= 11 is 0. The van der Waals surface area contributed by atoms with Crippen molar-refractivity contribution in [2.24, 2.45) is 5.92 Å². The lowest BCUT2D eigenvalue weighted by Crippen LogP contribution is -2.35. The molecule has 1 saturated heterocycles. The number of hydrogen-bond donors (Lipinski definition) is 2. The van der Waals surface area contributed by atoms with E-state index in [0.717, 1.165) is 25.9 Å². The second-order valence-corrected chi connectivity index (χ2v) is 5.85. The van der Waals surface area contributed by atoms with Gasteiger partial charge in [0.15, 0.2) is 0 Å². The number of carboxylic acid groups (broad SMARTS) is 1. The molecule has 1 unspecified atom stereocenters. The van der Waals surface area contributed by atoms with Crippen LogP contribution in [0.2, 0.25) is 0 Å². The summed E-state index contributed by atoms with van der Waals surface area (Å²) in [6, 6.07) is 4.74. The lowest BCUT2D eigenvalue weighted by molar-refractivity contribution is 0.0697. The van der Waals surface area contributed by atoms with Crippen molar-refractivity contribution in [2.45, 2.75) is 19.4 Å². The minimum atomic E-state index is -0.977. The van der Waals surface area contributed by atoms with Crippen LogP contribution < -0.4 is 5.69 Å². The van der Waals surface area contributed by atoms with E-state index >= 15 is 0 Å². The number of benzene rings is 1. The Kier molecular flexibility index (Phi) is 3.55. The first kappa shape index (κ1) is 13.9. The number of carboxylic acids is 1. The molecule has 1 aromatic carbocycles. The molecule has 112 valence electrons. The Morgan fingerprint density at radius 3 is 3.00 bits per heavy atom. The third-order valence-electron chi connectivity index (χ3n) is 4.19. The highest BCUT2D eigenvalue weighted by molar-refractivity contribution is 5.92. The molecule has 21 heavy (non-hydrogen) atoms.